The van der Waals surface area contributed by atoms with Crippen LogP contribution in [0.1, 0.15) is 66.9 Å². The maximum atomic E-state index is 12.8. The van der Waals surface area contributed by atoms with Crippen LogP contribution in [0.2, 0.25) is 0 Å². The van der Waals surface area contributed by atoms with Crippen molar-refractivity contribution in [2.75, 3.05) is 31.6 Å². The number of unbranched alkanes of at least 4 members (excludes halogenated alkanes) is 1. The molecule has 186 valence electrons. The van der Waals surface area contributed by atoms with Crippen LogP contribution in [0, 0.1) is 5.92 Å². The number of fused-ring (bicyclic) bond motifs is 1. The quantitative estimate of drug-likeness (QED) is 0.311. The molecule has 0 aliphatic carbocycles. The minimum Gasteiger partial charge on any atom is -0.493 e. The first kappa shape index (κ1) is 24.8. The molecule has 0 radical (unpaired) electrons. The third-order valence-corrected chi connectivity index (χ3v) is 6.39. The minimum atomic E-state index is -0.177. The van der Waals surface area contributed by atoms with E-state index in [1.807, 2.05) is 48.7 Å². The molecule has 1 unspecified atom stereocenters. The highest BCUT2D eigenvalue weighted by molar-refractivity contribution is 6.04. The molecule has 2 heterocycles. The lowest BCUT2D eigenvalue weighted by atomic mass is 9.93. The molecule has 35 heavy (non-hydrogen) atoms. The Labute approximate surface area is 207 Å². The molecule has 1 N–H and O–H groups in total. The fraction of sp³-hybridized carbons (Fsp3) is 0.464. The molecule has 0 saturated carbocycles. The second-order valence-corrected chi connectivity index (χ2v) is 9.32. The number of hydrazone groups is 1. The SMILES string of the molecule is CCCCOC(=O)CC1COc2ccc(NC(=O)c3ccc(C=NN4CCCCC4)cc3)cc2C1. The van der Waals surface area contributed by atoms with Gasteiger partial charge in [-0.15, -0.1) is 0 Å². The minimum absolute atomic E-state index is 0.0710. The number of nitrogens with one attached hydrogen (secondary N) is 1. The normalized spacial score (nSPS) is 17.5. The number of benzene rings is 2. The fourth-order valence-corrected chi connectivity index (χ4v) is 4.36. The number of esters is 1. The van der Waals surface area contributed by atoms with Crippen molar-refractivity contribution >= 4 is 23.8 Å². The molecule has 7 nitrogen and oxygen atoms in total. The highest BCUT2D eigenvalue weighted by Crippen LogP contribution is 2.31. The van der Waals surface area contributed by atoms with Gasteiger partial charge in [-0.1, -0.05) is 25.5 Å². The van der Waals surface area contributed by atoms with Gasteiger partial charge in [0, 0.05) is 30.3 Å². The highest BCUT2D eigenvalue weighted by atomic mass is 16.5. The Morgan fingerprint density at radius 1 is 1.14 bits per heavy atom. The van der Waals surface area contributed by atoms with E-state index in [0.29, 0.717) is 37.3 Å². The molecule has 2 aromatic rings. The molecular formula is C28H35N3O4. The Morgan fingerprint density at radius 3 is 2.71 bits per heavy atom. The summed E-state index contributed by atoms with van der Waals surface area (Å²) in [5.74, 6) is 0.527. The molecule has 2 aliphatic rings. The molecule has 2 aliphatic heterocycles. The van der Waals surface area contributed by atoms with Crippen molar-refractivity contribution < 1.29 is 19.1 Å². The Morgan fingerprint density at radius 2 is 1.94 bits per heavy atom. The lowest BCUT2D eigenvalue weighted by Gasteiger charge is -2.25. The average Bonchev–Trinajstić information content (AvgIpc) is 2.88. The van der Waals surface area contributed by atoms with Crippen LogP contribution >= 0.6 is 0 Å². The largest absolute Gasteiger partial charge is 0.493 e. The molecule has 1 atom stereocenters. The third kappa shape index (κ3) is 7.31. The maximum Gasteiger partial charge on any atom is 0.306 e. The summed E-state index contributed by atoms with van der Waals surface area (Å²) in [4.78, 5) is 24.9. The molecule has 1 fully saturated rings. The third-order valence-electron chi connectivity index (χ3n) is 6.39. The summed E-state index contributed by atoms with van der Waals surface area (Å²) in [5.41, 5.74) is 3.25. The van der Waals surface area contributed by atoms with Gasteiger partial charge in [0.2, 0.25) is 0 Å². The zero-order valence-corrected chi connectivity index (χ0v) is 20.5. The number of hydrogen-bond acceptors (Lipinski definition) is 6. The van der Waals surface area contributed by atoms with E-state index in [-0.39, 0.29) is 17.8 Å². The Balaban J connectivity index is 1.31. The lowest BCUT2D eigenvalue weighted by molar-refractivity contribution is -0.145. The summed E-state index contributed by atoms with van der Waals surface area (Å²) in [6, 6.07) is 13.1. The van der Waals surface area contributed by atoms with Crippen molar-refractivity contribution in [3.05, 3.63) is 59.2 Å². The number of hydrogen-bond donors (Lipinski definition) is 1. The van der Waals surface area contributed by atoms with Crippen LogP contribution in [0.25, 0.3) is 0 Å². The van der Waals surface area contributed by atoms with Crippen LogP contribution in [0.4, 0.5) is 5.69 Å². The van der Waals surface area contributed by atoms with E-state index in [9.17, 15) is 9.59 Å². The molecule has 7 heteroatoms. The average molecular weight is 478 g/mol. The van der Waals surface area contributed by atoms with Gasteiger partial charge in [0.1, 0.15) is 5.75 Å². The van der Waals surface area contributed by atoms with E-state index < -0.39 is 0 Å². The number of carbonyl (C=O) groups excluding carboxylic acids is 2. The van der Waals surface area contributed by atoms with Crippen LogP contribution < -0.4 is 10.1 Å². The topological polar surface area (TPSA) is 80.2 Å². The van der Waals surface area contributed by atoms with Crippen molar-refractivity contribution in [1.29, 1.82) is 0 Å². The number of anilines is 1. The zero-order valence-electron chi connectivity index (χ0n) is 20.5. The molecule has 2 aromatic carbocycles. The second kappa shape index (κ2) is 12.4. The van der Waals surface area contributed by atoms with Crippen molar-refractivity contribution in [1.82, 2.24) is 5.01 Å². The van der Waals surface area contributed by atoms with Crippen molar-refractivity contribution in [2.24, 2.45) is 11.0 Å². The Hall–Kier alpha value is -3.35. The van der Waals surface area contributed by atoms with Gasteiger partial charge in [-0.3, -0.25) is 14.6 Å². The van der Waals surface area contributed by atoms with Gasteiger partial charge < -0.3 is 14.8 Å². The second-order valence-electron chi connectivity index (χ2n) is 9.32. The van der Waals surface area contributed by atoms with Gasteiger partial charge in [-0.2, -0.15) is 5.10 Å². The number of amides is 1. The van der Waals surface area contributed by atoms with E-state index in [1.165, 1.54) is 19.3 Å². The molecule has 0 bridgehead atoms. The van der Waals surface area contributed by atoms with E-state index in [0.717, 1.165) is 42.8 Å². The van der Waals surface area contributed by atoms with E-state index in [4.69, 9.17) is 9.47 Å². The molecule has 1 saturated heterocycles. The summed E-state index contributed by atoms with van der Waals surface area (Å²) in [6.07, 6.45) is 8.45. The lowest BCUT2D eigenvalue weighted by Crippen LogP contribution is -2.24. The molecule has 0 spiro atoms. The summed E-state index contributed by atoms with van der Waals surface area (Å²) >= 11 is 0. The molecular weight excluding hydrogens is 442 g/mol. The van der Waals surface area contributed by atoms with E-state index in [2.05, 4.69) is 22.4 Å². The van der Waals surface area contributed by atoms with Gasteiger partial charge in [0.05, 0.1) is 25.8 Å². The number of nitrogens with zero attached hydrogens (tertiary/aromatic N) is 2. The number of piperidine rings is 1. The number of ether oxygens (including phenoxy) is 2. The molecule has 4 rings (SSSR count). The standard InChI is InChI=1S/C28H35N3O4/c1-2-3-15-34-27(32)17-22-16-24-18-25(11-12-26(24)35-20-22)30-28(33)23-9-7-21(8-10-23)19-29-31-13-5-4-6-14-31/h7-12,18-19,22H,2-6,13-17,20H2,1H3,(H,30,33). The summed E-state index contributed by atoms with van der Waals surface area (Å²) in [6.45, 7) is 5.05. The van der Waals surface area contributed by atoms with Crippen molar-refractivity contribution in [2.45, 2.75) is 51.9 Å². The van der Waals surface area contributed by atoms with Crippen LogP contribution in [0.15, 0.2) is 47.6 Å². The van der Waals surface area contributed by atoms with E-state index in [1.54, 1.807) is 0 Å². The van der Waals surface area contributed by atoms with Gasteiger partial charge in [0.25, 0.3) is 5.91 Å². The summed E-state index contributed by atoms with van der Waals surface area (Å²) in [7, 11) is 0. The van der Waals surface area contributed by atoms with Gasteiger partial charge in [-0.25, -0.2) is 0 Å². The van der Waals surface area contributed by atoms with Gasteiger partial charge in [-0.05, 0) is 73.6 Å². The van der Waals surface area contributed by atoms with Gasteiger partial charge >= 0.3 is 5.97 Å². The first-order valence-corrected chi connectivity index (χ1v) is 12.7. The first-order valence-electron chi connectivity index (χ1n) is 12.7. The molecule has 0 aromatic heterocycles. The van der Waals surface area contributed by atoms with Crippen LogP contribution in [-0.4, -0.2) is 49.4 Å². The highest BCUT2D eigenvalue weighted by Gasteiger charge is 2.23. The maximum absolute atomic E-state index is 12.8. The fourth-order valence-electron chi connectivity index (χ4n) is 4.36. The Kier molecular flexibility index (Phi) is 8.76. The smallest absolute Gasteiger partial charge is 0.306 e. The van der Waals surface area contributed by atoms with Crippen LogP contribution in [-0.2, 0) is 16.0 Å². The predicted molar refractivity (Wildman–Crippen MR) is 137 cm³/mol. The predicted octanol–water partition coefficient (Wildman–Crippen LogP) is 5.04. The van der Waals surface area contributed by atoms with Crippen molar-refractivity contribution in [3.8, 4) is 5.75 Å². The summed E-state index contributed by atoms with van der Waals surface area (Å²) in [5, 5.41) is 9.62. The van der Waals surface area contributed by atoms with E-state index >= 15 is 0 Å². The van der Waals surface area contributed by atoms with Crippen LogP contribution in [0.5, 0.6) is 5.75 Å². The summed E-state index contributed by atoms with van der Waals surface area (Å²) < 4.78 is 11.1. The van der Waals surface area contributed by atoms with Crippen molar-refractivity contribution in [3.63, 3.8) is 0 Å². The number of rotatable bonds is 9. The monoisotopic (exact) mass is 477 g/mol. The number of carbonyl (C=O) groups is 2. The molecule has 1 amide bonds. The van der Waals surface area contributed by atoms with Gasteiger partial charge in [0.15, 0.2) is 0 Å². The zero-order chi connectivity index (χ0) is 24.5. The first-order chi connectivity index (χ1) is 17.1. The van der Waals surface area contributed by atoms with Crippen LogP contribution in [0.3, 0.4) is 0 Å². The Bertz CT molecular complexity index is 1030.